The molecule has 0 aromatic heterocycles. The second-order valence-corrected chi connectivity index (χ2v) is 10.7. The van der Waals surface area contributed by atoms with Gasteiger partial charge in [-0.25, -0.2) is 4.79 Å². The molecule has 46 heavy (non-hydrogen) atoms. The van der Waals surface area contributed by atoms with Gasteiger partial charge in [-0.15, -0.1) is 0 Å². The van der Waals surface area contributed by atoms with Crippen LogP contribution in [0.2, 0.25) is 0 Å². The van der Waals surface area contributed by atoms with E-state index in [0.717, 1.165) is 6.92 Å². The van der Waals surface area contributed by atoms with Gasteiger partial charge in [0.05, 0.1) is 18.2 Å². The molecule has 0 aliphatic heterocycles. The Balaban J connectivity index is 3.09. The van der Waals surface area contributed by atoms with Crippen LogP contribution in [-0.4, -0.2) is 119 Å². The van der Waals surface area contributed by atoms with Crippen molar-refractivity contribution >= 4 is 35.5 Å². The van der Waals surface area contributed by atoms with Crippen LogP contribution in [0.5, 0.6) is 0 Å². The third-order valence-electron chi connectivity index (χ3n) is 6.80. The molecule has 0 bridgehead atoms. The van der Waals surface area contributed by atoms with Crippen molar-refractivity contribution in [3.8, 4) is 0 Å². The standard InChI is InChI=1S/C28H47N9O9/c1-14(38)21(36-25(42)19(12-16-6-4-3-5-7-16)34-23(40)17(32)8-10-29)27(44)35-20(13-31)26(43)33-18(9-11-30)24(41)37-22(15(2)39)28(45)46/h3-7,14-15,17-22,38-39H,8-13,29-32H2,1-2H3,(H,33,43)(H,34,40)(H,35,44)(H,36,42)(H,37,41)(H,45,46)/t14-,15-,17+,18+,19-,20+,21+,22+/m1/s1. The summed E-state index contributed by atoms with van der Waals surface area (Å²) in [5.74, 6) is -5.92. The summed E-state index contributed by atoms with van der Waals surface area (Å²) in [7, 11) is 0. The summed E-state index contributed by atoms with van der Waals surface area (Å²) in [6.45, 7) is 1.92. The Labute approximate surface area is 266 Å². The van der Waals surface area contributed by atoms with Gasteiger partial charge in [0.25, 0.3) is 0 Å². The number of aliphatic carboxylic acids is 1. The van der Waals surface area contributed by atoms with E-state index in [1.807, 2.05) is 0 Å². The summed E-state index contributed by atoms with van der Waals surface area (Å²) in [6.07, 6.45) is -2.91. The van der Waals surface area contributed by atoms with Crippen LogP contribution in [0.25, 0.3) is 0 Å². The van der Waals surface area contributed by atoms with E-state index in [9.17, 15) is 44.1 Å². The maximum Gasteiger partial charge on any atom is 0.328 e. The molecule has 16 N–H and O–H groups in total. The Morgan fingerprint density at radius 3 is 1.63 bits per heavy atom. The quantitative estimate of drug-likeness (QED) is 0.0625. The van der Waals surface area contributed by atoms with Crippen LogP contribution in [0.1, 0.15) is 32.3 Å². The second kappa shape index (κ2) is 20.0. The van der Waals surface area contributed by atoms with Crippen LogP contribution in [-0.2, 0) is 35.2 Å². The molecule has 8 atom stereocenters. The minimum atomic E-state index is -1.67. The van der Waals surface area contributed by atoms with Gasteiger partial charge in [0.2, 0.25) is 29.5 Å². The maximum atomic E-state index is 13.3. The van der Waals surface area contributed by atoms with Crippen LogP contribution in [0.4, 0.5) is 0 Å². The van der Waals surface area contributed by atoms with Crippen molar-refractivity contribution < 1.29 is 44.1 Å². The van der Waals surface area contributed by atoms with E-state index < -0.39 is 90.5 Å². The first-order valence-corrected chi connectivity index (χ1v) is 14.7. The molecule has 0 saturated heterocycles. The molecule has 0 fully saturated rings. The maximum absolute atomic E-state index is 13.3. The predicted molar refractivity (Wildman–Crippen MR) is 165 cm³/mol. The summed E-state index contributed by atoms with van der Waals surface area (Å²) >= 11 is 0. The Bertz CT molecular complexity index is 1170. The molecule has 0 radical (unpaired) electrons. The van der Waals surface area contributed by atoms with E-state index in [-0.39, 0.29) is 32.4 Å². The van der Waals surface area contributed by atoms with Crippen molar-refractivity contribution in [1.29, 1.82) is 0 Å². The molecule has 0 aliphatic carbocycles. The van der Waals surface area contributed by atoms with Crippen molar-refractivity contribution in [2.75, 3.05) is 19.6 Å². The molecule has 5 amide bonds. The second-order valence-electron chi connectivity index (χ2n) is 10.7. The van der Waals surface area contributed by atoms with Crippen molar-refractivity contribution in [3.05, 3.63) is 35.9 Å². The minimum Gasteiger partial charge on any atom is -0.480 e. The number of amides is 5. The smallest absolute Gasteiger partial charge is 0.328 e. The number of carboxylic acids is 1. The van der Waals surface area contributed by atoms with Crippen LogP contribution < -0.4 is 49.5 Å². The van der Waals surface area contributed by atoms with Crippen LogP contribution in [0.3, 0.4) is 0 Å². The fourth-order valence-electron chi connectivity index (χ4n) is 4.15. The van der Waals surface area contributed by atoms with Gasteiger partial charge < -0.3 is 64.8 Å². The molecule has 0 heterocycles. The number of hydrogen-bond acceptors (Lipinski definition) is 12. The SMILES string of the molecule is C[C@@H](O)[C@H](NC(=O)[C@H](CCN)NC(=O)[C@H](CN)NC(=O)[C@@H](NC(=O)[C@@H](Cc1ccccc1)NC(=O)[C@@H](N)CCN)[C@@H](C)O)C(=O)O. The highest BCUT2D eigenvalue weighted by Gasteiger charge is 2.34. The lowest BCUT2D eigenvalue weighted by Crippen LogP contribution is -2.63. The van der Waals surface area contributed by atoms with Crippen molar-refractivity contribution in [2.24, 2.45) is 22.9 Å². The number of benzene rings is 1. The van der Waals surface area contributed by atoms with E-state index in [4.69, 9.17) is 22.9 Å². The van der Waals surface area contributed by atoms with Crippen molar-refractivity contribution in [1.82, 2.24) is 26.6 Å². The summed E-state index contributed by atoms with van der Waals surface area (Å²) in [6, 6.07) is 0.342. The van der Waals surface area contributed by atoms with E-state index >= 15 is 0 Å². The van der Waals surface area contributed by atoms with E-state index in [1.54, 1.807) is 30.3 Å². The molecule has 18 nitrogen and oxygen atoms in total. The lowest BCUT2D eigenvalue weighted by molar-refractivity contribution is -0.145. The number of nitrogens with one attached hydrogen (secondary N) is 5. The number of rotatable bonds is 20. The van der Waals surface area contributed by atoms with Crippen molar-refractivity contribution in [3.63, 3.8) is 0 Å². The lowest BCUT2D eigenvalue weighted by atomic mass is 10.0. The molecule has 1 rings (SSSR count). The average molecular weight is 654 g/mol. The lowest BCUT2D eigenvalue weighted by Gasteiger charge is -2.28. The first kappa shape index (κ1) is 39.8. The fraction of sp³-hybridized carbons (Fsp3) is 0.571. The summed E-state index contributed by atoms with van der Waals surface area (Å²) in [5, 5.41) is 40.9. The van der Waals surface area contributed by atoms with Crippen molar-refractivity contribution in [2.45, 2.75) is 81.6 Å². The Kier molecular flexibility index (Phi) is 17.3. The topological polar surface area (TPSA) is 327 Å². The van der Waals surface area contributed by atoms with Crippen LogP contribution in [0, 0.1) is 0 Å². The molecule has 1 aromatic carbocycles. The van der Waals surface area contributed by atoms with Gasteiger partial charge in [-0.1, -0.05) is 30.3 Å². The normalized spacial score (nSPS) is 16.3. The fourth-order valence-corrected chi connectivity index (χ4v) is 4.15. The van der Waals surface area contributed by atoms with Crippen LogP contribution in [0.15, 0.2) is 30.3 Å². The first-order chi connectivity index (χ1) is 21.7. The van der Waals surface area contributed by atoms with Gasteiger partial charge in [0, 0.05) is 13.0 Å². The summed E-state index contributed by atoms with van der Waals surface area (Å²) in [5.41, 5.74) is 23.2. The number of aliphatic hydroxyl groups is 2. The van der Waals surface area contributed by atoms with E-state index in [2.05, 4.69) is 26.6 Å². The monoisotopic (exact) mass is 653 g/mol. The average Bonchev–Trinajstić information content (AvgIpc) is 3.00. The molecule has 0 unspecified atom stereocenters. The van der Waals surface area contributed by atoms with E-state index in [0.29, 0.717) is 5.56 Å². The van der Waals surface area contributed by atoms with Gasteiger partial charge in [0.1, 0.15) is 24.2 Å². The van der Waals surface area contributed by atoms with Crippen LogP contribution >= 0.6 is 0 Å². The third kappa shape index (κ3) is 13.0. The third-order valence-corrected chi connectivity index (χ3v) is 6.80. The van der Waals surface area contributed by atoms with Gasteiger partial charge in [-0.05, 0) is 45.3 Å². The highest BCUT2D eigenvalue weighted by atomic mass is 16.4. The number of carbonyl (C=O) groups excluding carboxylic acids is 5. The zero-order valence-corrected chi connectivity index (χ0v) is 25.8. The first-order valence-electron chi connectivity index (χ1n) is 14.7. The van der Waals surface area contributed by atoms with Gasteiger partial charge in [-0.3, -0.25) is 24.0 Å². The number of aliphatic hydroxyl groups excluding tert-OH is 2. The Morgan fingerprint density at radius 2 is 1.13 bits per heavy atom. The molecule has 0 saturated carbocycles. The molecule has 258 valence electrons. The number of carboxylic acid groups (broad SMARTS) is 1. The zero-order valence-electron chi connectivity index (χ0n) is 25.8. The number of hydrogen-bond donors (Lipinski definition) is 12. The largest absolute Gasteiger partial charge is 0.480 e. The highest BCUT2D eigenvalue weighted by molar-refractivity contribution is 5.96. The Hall–Kier alpha value is -4.20. The van der Waals surface area contributed by atoms with Gasteiger partial charge >= 0.3 is 5.97 Å². The molecular formula is C28H47N9O9. The summed E-state index contributed by atoms with van der Waals surface area (Å²) < 4.78 is 0. The molecule has 0 aliphatic rings. The number of carbonyl (C=O) groups is 6. The van der Waals surface area contributed by atoms with Gasteiger partial charge in [0.15, 0.2) is 6.04 Å². The molecule has 1 aromatic rings. The number of nitrogens with two attached hydrogens (primary N) is 4. The summed E-state index contributed by atoms with van der Waals surface area (Å²) in [4.78, 5) is 76.2. The molecular weight excluding hydrogens is 606 g/mol. The Morgan fingerprint density at radius 1 is 0.652 bits per heavy atom. The van der Waals surface area contributed by atoms with E-state index in [1.165, 1.54) is 6.92 Å². The molecule has 18 heteroatoms. The molecule has 0 spiro atoms. The minimum absolute atomic E-state index is 0.0120. The zero-order chi connectivity index (χ0) is 35.0. The van der Waals surface area contributed by atoms with Gasteiger partial charge in [-0.2, -0.15) is 0 Å². The highest BCUT2D eigenvalue weighted by Crippen LogP contribution is 2.06. The predicted octanol–water partition coefficient (Wildman–Crippen LogP) is -5.52.